The molecule has 0 aromatic carbocycles. The minimum Gasteiger partial charge on any atom is -0.387 e. The van der Waals surface area contributed by atoms with E-state index in [2.05, 4.69) is 32.6 Å². The highest BCUT2D eigenvalue weighted by Gasteiger charge is 2.44. The average molecular weight is 318 g/mol. The molecule has 23 heavy (non-hydrogen) atoms. The summed E-state index contributed by atoms with van der Waals surface area (Å²) in [6, 6.07) is 0. The van der Waals surface area contributed by atoms with Crippen molar-refractivity contribution in [3.63, 3.8) is 0 Å². The Labute approximate surface area is 140 Å². The van der Waals surface area contributed by atoms with E-state index in [9.17, 15) is 9.90 Å². The Balaban J connectivity index is 2.25. The molecule has 3 nitrogen and oxygen atoms in total. The highest BCUT2D eigenvalue weighted by atomic mass is 16.5. The van der Waals surface area contributed by atoms with Crippen LogP contribution in [-0.2, 0) is 9.53 Å². The van der Waals surface area contributed by atoms with Crippen LogP contribution in [0.2, 0.25) is 0 Å². The summed E-state index contributed by atoms with van der Waals surface area (Å²) in [7, 11) is 0. The lowest BCUT2D eigenvalue weighted by molar-refractivity contribution is -0.105. The molecule has 2 aliphatic heterocycles. The van der Waals surface area contributed by atoms with Crippen LogP contribution in [0.3, 0.4) is 0 Å². The third-order valence-electron chi connectivity index (χ3n) is 5.28. The van der Waals surface area contributed by atoms with Gasteiger partial charge in [-0.25, -0.2) is 0 Å². The van der Waals surface area contributed by atoms with Crippen molar-refractivity contribution in [2.75, 3.05) is 0 Å². The van der Waals surface area contributed by atoms with Crippen LogP contribution in [0, 0.1) is 5.92 Å². The summed E-state index contributed by atoms with van der Waals surface area (Å²) in [6.07, 6.45) is 10.1. The number of hydrogen-bond donors (Lipinski definition) is 1. The molecule has 1 fully saturated rings. The Morgan fingerprint density at radius 3 is 2.74 bits per heavy atom. The van der Waals surface area contributed by atoms with Crippen molar-refractivity contribution in [1.29, 1.82) is 0 Å². The van der Waals surface area contributed by atoms with E-state index in [1.54, 1.807) is 0 Å². The van der Waals surface area contributed by atoms with Gasteiger partial charge in [0, 0.05) is 5.92 Å². The van der Waals surface area contributed by atoms with Gasteiger partial charge in [0.2, 0.25) is 0 Å². The molecule has 0 aromatic rings. The van der Waals surface area contributed by atoms with E-state index in [0.29, 0.717) is 18.4 Å². The summed E-state index contributed by atoms with van der Waals surface area (Å²) in [5, 5.41) is 10.9. The largest absolute Gasteiger partial charge is 0.387 e. The zero-order valence-electron chi connectivity index (χ0n) is 14.7. The smallest absolute Gasteiger partial charge is 0.145 e. The van der Waals surface area contributed by atoms with Gasteiger partial charge in [0.15, 0.2) is 0 Å². The van der Waals surface area contributed by atoms with Gasteiger partial charge in [0.05, 0.1) is 17.8 Å². The van der Waals surface area contributed by atoms with Gasteiger partial charge in [0.1, 0.15) is 6.29 Å². The van der Waals surface area contributed by atoms with Crippen LogP contribution in [0.4, 0.5) is 0 Å². The van der Waals surface area contributed by atoms with Gasteiger partial charge in [-0.15, -0.1) is 0 Å². The third kappa shape index (κ3) is 4.65. The Bertz CT molecular complexity index is 513. The molecular weight excluding hydrogens is 288 g/mol. The predicted octanol–water partition coefficient (Wildman–Crippen LogP) is 4.12. The van der Waals surface area contributed by atoms with Gasteiger partial charge in [-0.3, -0.25) is 4.79 Å². The van der Waals surface area contributed by atoms with Gasteiger partial charge < -0.3 is 9.84 Å². The first-order valence-corrected chi connectivity index (χ1v) is 8.66. The second kappa shape index (κ2) is 7.59. The fraction of sp³-hybridized carbons (Fsp3) is 0.650. The van der Waals surface area contributed by atoms with E-state index in [-0.39, 0.29) is 18.1 Å². The number of aldehydes is 1. The molecule has 0 radical (unpaired) electrons. The normalized spacial score (nSPS) is 36.1. The molecule has 0 aliphatic carbocycles. The van der Waals surface area contributed by atoms with E-state index in [0.717, 1.165) is 32.0 Å². The van der Waals surface area contributed by atoms with Crippen LogP contribution in [0.5, 0.6) is 0 Å². The molecule has 4 unspecified atom stereocenters. The molecule has 3 heteroatoms. The summed E-state index contributed by atoms with van der Waals surface area (Å²) in [6.45, 7) is 10.0. The fourth-order valence-electron chi connectivity index (χ4n) is 3.63. The van der Waals surface area contributed by atoms with Gasteiger partial charge in [-0.2, -0.15) is 0 Å². The number of fused-ring (bicyclic) bond motifs is 2. The molecule has 1 N–H and O–H groups in total. The summed E-state index contributed by atoms with van der Waals surface area (Å²) < 4.78 is 6.19. The van der Waals surface area contributed by atoms with Gasteiger partial charge in [-0.1, -0.05) is 29.9 Å². The summed E-state index contributed by atoms with van der Waals surface area (Å²) in [4.78, 5) is 11.2. The number of carbonyl (C=O) groups excluding carboxylic acids is 1. The van der Waals surface area contributed by atoms with Crippen LogP contribution >= 0.6 is 0 Å². The van der Waals surface area contributed by atoms with E-state index < -0.39 is 5.60 Å². The fourth-order valence-corrected chi connectivity index (χ4v) is 3.63. The van der Waals surface area contributed by atoms with Crippen molar-refractivity contribution in [2.24, 2.45) is 5.92 Å². The van der Waals surface area contributed by atoms with Crippen LogP contribution in [0.1, 0.15) is 59.3 Å². The van der Waals surface area contributed by atoms with Crippen molar-refractivity contribution in [3.8, 4) is 0 Å². The molecule has 0 saturated carbocycles. The summed E-state index contributed by atoms with van der Waals surface area (Å²) in [5.41, 5.74) is 2.37. The molecule has 0 aromatic heterocycles. The Kier molecular flexibility index (Phi) is 5.99. The van der Waals surface area contributed by atoms with E-state index in [1.807, 2.05) is 6.92 Å². The maximum Gasteiger partial charge on any atom is 0.145 e. The van der Waals surface area contributed by atoms with Crippen LogP contribution in [0.25, 0.3) is 0 Å². The topological polar surface area (TPSA) is 46.5 Å². The molecule has 2 rings (SSSR count). The van der Waals surface area contributed by atoms with Gasteiger partial charge >= 0.3 is 0 Å². The lowest BCUT2D eigenvalue weighted by atomic mass is 9.84. The number of ether oxygens (including phenoxy) is 1. The molecule has 2 heterocycles. The number of allylic oxidation sites excluding steroid dienone is 3. The number of rotatable bonds is 2. The predicted molar refractivity (Wildman–Crippen MR) is 93.2 cm³/mol. The first-order valence-electron chi connectivity index (χ1n) is 8.66. The Hall–Kier alpha value is -1.19. The monoisotopic (exact) mass is 318 g/mol. The number of carbonyl (C=O) groups is 1. The average Bonchev–Trinajstić information content (AvgIpc) is 2.90. The molecule has 128 valence electrons. The van der Waals surface area contributed by atoms with Crippen LogP contribution in [0.15, 0.2) is 35.5 Å². The lowest BCUT2D eigenvalue weighted by Crippen LogP contribution is -2.39. The van der Waals surface area contributed by atoms with E-state index >= 15 is 0 Å². The molecular formula is C20H30O3. The zero-order chi connectivity index (χ0) is 17.0. The summed E-state index contributed by atoms with van der Waals surface area (Å²) >= 11 is 0. The second-order valence-electron chi connectivity index (χ2n) is 7.44. The molecule has 0 amide bonds. The number of hydrogen-bond acceptors (Lipinski definition) is 3. The molecule has 2 aliphatic rings. The second-order valence-corrected chi connectivity index (χ2v) is 7.44. The van der Waals surface area contributed by atoms with E-state index in [4.69, 9.17) is 4.74 Å². The highest BCUT2D eigenvalue weighted by molar-refractivity contribution is 5.73. The van der Waals surface area contributed by atoms with E-state index in [1.165, 1.54) is 11.1 Å². The van der Waals surface area contributed by atoms with Crippen LogP contribution in [-0.4, -0.2) is 29.2 Å². The first kappa shape index (κ1) is 18.2. The SMILES string of the molecule is C=C(C=O)C1CC2OC1CC(C)=CCCC(C)=CCCC2(C)O. The maximum atomic E-state index is 11.2. The molecule has 4 atom stereocenters. The van der Waals surface area contributed by atoms with Crippen LogP contribution < -0.4 is 0 Å². The summed E-state index contributed by atoms with van der Waals surface area (Å²) in [5.74, 6) is 0.00698. The Morgan fingerprint density at radius 2 is 2.04 bits per heavy atom. The van der Waals surface area contributed by atoms with Crippen molar-refractivity contribution in [2.45, 2.75) is 77.1 Å². The minimum absolute atomic E-state index is 0.00698. The van der Waals surface area contributed by atoms with Crippen molar-refractivity contribution in [1.82, 2.24) is 0 Å². The van der Waals surface area contributed by atoms with Crippen molar-refractivity contribution >= 4 is 6.29 Å². The lowest BCUT2D eigenvalue weighted by Gasteiger charge is -2.29. The highest BCUT2D eigenvalue weighted by Crippen LogP contribution is 2.40. The van der Waals surface area contributed by atoms with Gasteiger partial charge in [0.25, 0.3) is 0 Å². The van der Waals surface area contributed by atoms with Gasteiger partial charge in [-0.05, 0) is 64.9 Å². The zero-order valence-corrected chi connectivity index (χ0v) is 14.7. The maximum absolute atomic E-state index is 11.2. The Morgan fingerprint density at radius 1 is 1.35 bits per heavy atom. The molecule has 0 spiro atoms. The standard InChI is InChI=1S/C20H30O3/c1-14-7-5-8-15(2)11-18-17(16(3)13-21)12-19(23-18)20(4,22)10-6-9-14/h8-9,13,17-19,22H,3,5-7,10-12H2,1-2,4H3. The first-order chi connectivity index (χ1) is 10.8. The molecule has 2 bridgehead atoms. The minimum atomic E-state index is -0.876. The quantitative estimate of drug-likeness (QED) is 0.473. The van der Waals surface area contributed by atoms with Crippen molar-refractivity contribution in [3.05, 3.63) is 35.5 Å². The number of aliphatic hydroxyl groups is 1. The molecule has 1 saturated heterocycles. The van der Waals surface area contributed by atoms with Crippen molar-refractivity contribution < 1.29 is 14.6 Å². The third-order valence-corrected chi connectivity index (χ3v) is 5.28.